The molecular weight excluding hydrogens is 392 g/mol. The number of aryl methyl sites for hydroxylation is 1. The van der Waals surface area contributed by atoms with Gasteiger partial charge in [-0.3, -0.25) is 15.2 Å². The number of carbonyl (C=O) groups excluding carboxylic acids is 1. The number of benzene rings is 2. The molecule has 0 aliphatic carbocycles. The molecule has 2 unspecified atom stereocenters. The molecule has 2 aromatic carbocycles. The minimum absolute atomic E-state index is 0.213. The van der Waals surface area contributed by atoms with Gasteiger partial charge in [0.15, 0.2) is 6.17 Å². The van der Waals surface area contributed by atoms with E-state index in [1.54, 1.807) is 36.7 Å². The number of aliphatic hydroxyl groups is 1. The van der Waals surface area contributed by atoms with E-state index < -0.39 is 12.2 Å². The quantitative estimate of drug-likeness (QED) is 0.270. The lowest BCUT2D eigenvalue weighted by Gasteiger charge is -2.20. The summed E-state index contributed by atoms with van der Waals surface area (Å²) in [7, 11) is 0. The van der Waals surface area contributed by atoms with E-state index in [4.69, 9.17) is 11.1 Å². The van der Waals surface area contributed by atoms with Crippen LogP contribution in [-0.2, 0) is 4.79 Å². The minimum atomic E-state index is -0.724. The van der Waals surface area contributed by atoms with Crippen LogP contribution in [0.1, 0.15) is 28.3 Å². The van der Waals surface area contributed by atoms with E-state index in [-0.39, 0.29) is 18.2 Å². The summed E-state index contributed by atoms with van der Waals surface area (Å²) in [5, 5.41) is 27.4. The first-order chi connectivity index (χ1) is 15.0. The second-order valence-electron chi connectivity index (χ2n) is 7.48. The molecule has 8 nitrogen and oxygen atoms in total. The lowest BCUT2D eigenvalue weighted by atomic mass is 10.0. The third-order valence-corrected chi connectivity index (χ3v) is 5.23. The summed E-state index contributed by atoms with van der Waals surface area (Å²) >= 11 is 0. The van der Waals surface area contributed by atoms with E-state index in [2.05, 4.69) is 20.9 Å². The van der Waals surface area contributed by atoms with Crippen molar-refractivity contribution in [2.75, 3.05) is 23.0 Å². The average molecular weight is 416 g/mol. The summed E-state index contributed by atoms with van der Waals surface area (Å²) < 4.78 is 0. The Labute approximate surface area is 180 Å². The predicted molar refractivity (Wildman–Crippen MR) is 121 cm³/mol. The first-order valence-corrected chi connectivity index (χ1v) is 9.90. The number of nitrogens with one attached hydrogen (secondary N) is 4. The Morgan fingerprint density at radius 1 is 1.19 bits per heavy atom. The molecular formula is C23H24N6O2. The van der Waals surface area contributed by atoms with Crippen molar-refractivity contribution < 1.29 is 9.90 Å². The van der Waals surface area contributed by atoms with E-state index in [1.807, 2.05) is 31.2 Å². The number of aromatic nitrogens is 1. The monoisotopic (exact) mass is 416 g/mol. The zero-order valence-electron chi connectivity index (χ0n) is 17.0. The summed E-state index contributed by atoms with van der Waals surface area (Å²) in [6.07, 6.45) is 2.53. The fourth-order valence-corrected chi connectivity index (χ4v) is 3.60. The van der Waals surface area contributed by atoms with Crippen LogP contribution in [0.15, 0.2) is 60.9 Å². The number of nitrogen functional groups attached to an aromatic ring is 1. The van der Waals surface area contributed by atoms with E-state index in [0.717, 1.165) is 11.1 Å². The molecule has 158 valence electrons. The number of hydrogen-bond donors (Lipinski definition) is 6. The highest BCUT2D eigenvalue weighted by Crippen LogP contribution is 2.34. The summed E-state index contributed by atoms with van der Waals surface area (Å²) in [6.45, 7) is 1.75. The van der Waals surface area contributed by atoms with Crippen molar-refractivity contribution in [2.45, 2.75) is 19.1 Å². The van der Waals surface area contributed by atoms with E-state index >= 15 is 0 Å². The fraction of sp³-hybridized carbons (Fsp3) is 0.174. The highest BCUT2D eigenvalue weighted by atomic mass is 16.3. The molecule has 8 heteroatoms. The number of hydrogen-bond acceptors (Lipinski definition) is 7. The number of rotatable bonds is 6. The zero-order valence-corrected chi connectivity index (χ0v) is 17.0. The lowest BCUT2D eigenvalue weighted by molar-refractivity contribution is -0.122. The molecule has 0 spiro atoms. The van der Waals surface area contributed by atoms with E-state index in [0.29, 0.717) is 28.2 Å². The van der Waals surface area contributed by atoms with Crippen LogP contribution in [0.2, 0.25) is 0 Å². The van der Waals surface area contributed by atoms with Gasteiger partial charge in [0.2, 0.25) is 0 Å². The molecule has 3 aromatic rings. The number of amides is 1. The van der Waals surface area contributed by atoms with Gasteiger partial charge in [0.1, 0.15) is 0 Å². The van der Waals surface area contributed by atoms with Gasteiger partial charge in [-0.05, 0) is 36.8 Å². The van der Waals surface area contributed by atoms with Crippen LogP contribution in [-0.4, -0.2) is 34.5 Å². The molecule has 2 heterocycles. The van der Waals surface area contributed by atoms with Crippen molar-refractivity contribution in [3.05, 3.63) is 83.2 Å². The second kappa shape index (κ2) is 8.45. The number of pyridine rings is 1. The molecule has 1 aromatic heterocycles. The smallest absolute Gasteiger partial charge is 0.263 e. The molecule has 31 heavy (non-hydrogen) atoms. The van der Waals surface area contributed by atoms with Crippen LogP contribution < -0.4 is 21.7 Å². The first-order valence-electron chi connectivity index (χ1n) is 9.90. The van der Waals surface area contributed by atoms with Gasteiger partial charge in [-0.2, -0.15) is 0 Å². The summed E-state index contributed by atoms with van der Waals surface area (Å²) in [6, 6.07) is 14.1. The van der Waals surface area contributed by atoms with Crippen molar-refractivity contribution in [3.63, 3.8) is 0 Å². The highest BCUT2D eigenvalue weighted by Gasteiger charge is 2.29. The van der Waals surface area contributed by atoms with E-state index in [9.17, 15) is 9.90 Å². The van der Waals surface area contributed by atoms with Crippen molar-refractivity contribution in [1.82, 2.24) is 10.3 Å². The highest BCUT2D eigenvalue weighted by molar-refractivity contribution is 6.15. The first kappa shape index (κ1) is 20.4. The van der Waals surface area contributed by atoms with Crippen molar-refractivity contribution >= 4 is 28.7 Å². The fourth-order valence-electron chi connectivity index (χ4n) is 3.60. The Hall–Kier alpha value is -3.91. The number of carbonyl (C=O) groups is 1. The number of fused-ring (bicyclic) bond motifs is 1. The maximum atomic E-state index is 12.8. The van der Waals surface area contributed by atoms with Crippen LogP contribution >= 0.6 is 0 Å². The molecule has 0 fully saturated rings. The minimum Gasteiger partial charge on any atom is -0.398 e. The Morgan fingerprint density at radius 3 is 2.58 bits per heavy atom. The van der Waals surface area contributed by atoms with Gasteiger partial charge in [0, 0.05) is 29.2 Å². The Morgan fingerprint density at radius 2 is 1.90 bits per heavy atom. The molecule has 0 saturated heterocycles. The van der Waals surface area contributed by atoms with Crippen LogP contribution in [0, 0.1) is 12.3 Å². The summed E-state index contributed by atoms with van der Waals surface area (Å²) in [4.78, 5) is 16.8. The average Bonchev–Trinajstić information content (AvgIpc) is 3.20. The molecule has 1 aliphatic rings. The van der Waals surface area contributed by atoms with Crippen molar-refractivity contribution in [2.24, 2.45) is 0 Å². The third kappa shape index (κ3) is 4.19. The number of anilines is 3. The van der Waals surface area contributed by atoms with Crippen molar-refractivity contribution in [1.29, 1.82) is 5.41 Å². The van der Waals surface area contributed by atoms with Gasteiger partial charge in [-0.15, -0.1) is 0 Å². The Bertz CT molecular complexity index is 1130. The topological polar surface area (TPSA) is 136 Å². The number of nitrogens with zero attached hydrogens (tertiary/aromatic N) is 1. The van der Waals surface area contributed by atoms with Crippen LogP contribution in [0.25, 0.3) is 0 Å². The molecule has 1 aliphatic heterocycles. The number of aliphatic hydroxyl groups excluding tert-OH is 1. The molecule has 0 radical (unpaired) electrons. The normalized spacial score (nSPS) is 15.4. The maximum Gasteiger partial charge on any atom is 0.263 e. The SMILES string of the molecule is Cc1cccc(C(CO)NC(=O)C2Nc3cc(N)c(C(=N)c4ccncc4)cc3N2)c1. The largest absolute Gasteiger partial charge is 0.398 e. The van der Waals surface area contributed by atoms with Gasteiger partial charge in [0.25, 0.3) is 5.91 Å². The molecule has 1 amide bonds. The molecule has 4 rings (SSSR count). The Balaban J connectivity index is 1.50. The molecule has 2 atom stereocenters. The summed E-state index contributed by atoms with van der Waals surface area (Å²) in [5.41, 5.74) is 11.4. The third-order valence-electron chi connectivity index (χ3n) is 5.23. The molecule has 7 N–H and O–H groups in total. The standard InChI is InChI=1S/C23H24N6O2/c1-13-3-2-4-15(9-13)20(12-30)29-23(31)22-27-18-10-16(17(24)11-19(18)28-22)21(25)14-5-7-26-8-6-14/h2-11,20,22,25,27-28,30H,12,24H2,1H3,(H,29,31). The second-order valence-corrected chi connectivity index (χ2v) is 7.48. The summed E-state index contributed by atoms with van der Waals surface area (Å²) in [5.74, 6) is -0.305. The van der Waals surface area contributed by atoms with Gasteiger partial charge < -0.3 is 26.8 Å². The van der Waals surface area contributed by atoms with Gasteiger partial charge in [-0.25, -0.2) is 0 Å². The van der Waals surface area contributed by atoms with E-state index in [1.165, 1.54) is 0 Å². The molecule has 0 saturated carbocycles. The van der Waals surface area contributed by atoms with Crippen LogP contribution in [0.3, 0.4) is 0 Å². The van der Waals surface area contributed by atoms with Crippen LogP contribution in [0.5, 0.6) is 0 Å². The number of nitrogens with two attached hydrogens (primary N) is 1. The Kier molecular flexibility index (Phi) is 5.55. The zero-order chi connectivity index (χ0) is 22.0. The van der Waals surface area contributed by atoms with Gasteiger partial charge in [0.05, 0.1) is 29.7 Å². The van der Waals surface area contributed by atoms with Crippen LogP contribution in [0.4, 0.5) is 17.1 Å². The maximum absolute atomic E-state index is 12.8. The molecule has 0 bridgehead atoms. The van der Waals surface area contributed by atoms with Crippen molar-refractivity contribution in [3.8, 4) is 0 Å². The predicted octanol–water partition coefficient (Wildman–Crippen LogP) is 2.40. The van der Waals surface area contributed by atoms with Gasteiger partial charge in [-0.1, -0.05) is 29.8 Å². The lowest BCUT2D eigenvalue weighted by Crippen LogP contribution is -2.44. The van der Waals surface area contributed by atoms with Gasteiger partial charge >= 0.3 is 0 Å².